The van der Waals surface area contributed by atoms with Crippen LogP contribution in [0.3, 0.4) is 0 Å². The maximum absolute atomic E-state index is 3.71. The van der Waals surface area contributed by atoms with E-state index in [-0.39, 0.29) is 10.8 Å². The van der Waals surface area contributed by atoms with Gasteiger partial charge in [-0.2, -0.15) is 0 Å². The number of aromatic nitrogens is 1. The van der Waals surface area contributed by atoms with Gasteiger partial charge in [0.05, 0.1) is 27.8 Å². The van der Waals surface area contributed by atoms with Crippen molar-refractivity contribution < 1.29 is 0 Å². The van der Waals surface area contributed by atoms with E-state index in [0.29, 0.717) is 0 Å². The normalized spacial score (nSPS) is 14.8. The average Bonchev–Trinajstić information content (AvgIpc) is 1.48. The summed E-state index contributed by atoms with van der Waals surface area (Å²) in [6.45, 7) is 9.41. The topological polar surface area (TPSA) is 20.2 Å². The van der Waals surface area contributed by atoms with E-state index in [9.17, 15) is 0 Å². The average molecular weight is 1280 g/mol. The van der Waals surface area contributed by atoms with Crippen LogP contribution in [0.4, 0.5) is 28.4 Å². The quantitative estimate of drug-likeness (QED) is 0.155. The number of fused-ring (bicyclic) bond motifs is 18. The molecule has 2 heterocycles. The number of rotatable bonds is 9. The lowest BCUT2D eigenvalue weighted by molar-refractivity contribution is 0.660. The van der Waals surface area contributed by atoms with Gasteiger partial charge >= 0.3 is 0 Å². The maximum atomic E-state index is 3.71. The number of nitrogens with zero attached hydrogens (tertiary/aromatic N) is 2. The largest absolute Gasteiger partial charge is 0.355 e. The predicted molar refractivity (Wildman–Crippen MR) is 419 cm³/mol. The van der Waals surface area contributed by atoms with Crippen LogP contribution in [0.2, 0.25) is 0 Å². The zero-order valence-corrected chi connectivity index (χ0v) is 56.4. The van der Waals surface area contributed by atoms with Crippen molar-refractivity contribution in [2.45, 2.75) is 43.9 Å². The van der Waals surface area contributed by atoms with Crippen LogP contribution in [0.5, 0.6) is 0 Å². The van der Waals surface area contributed by atoms with Gasteiger partial charge in [0, 0.05) is 55.5 Å². The second-order valence-corrected chi connectivity index (χ2v) is 28.3. The van der Waals surface area contributed by atoms with Crippen LogP contribution in [0.1, 0.15) is 72.2 Å². The zero-order chi connectivity index (χ0) is 66.8. The molecule has 100 heavy (non-hydrogen) atoms. The first kappa shape index (κ1) is 59.0. The van der Waals surface area contributed by atoms with Crippen molar-refractivity contribution in [2.24, 2.45) is 0 Å². The van der Waals surface area contributed by atoms with Crippen molar-refractivity contribution in [1.29, 1.82) is 0 Å². The second kappa shape index (κ2) is 22.9. The van der Waals surface area contributed by atoms with Crippen molar-refractivity contribution >= 4 is 50.2 Å². The van der Waals surface area contributed by atoms with E-state index >= 15 is 0 Å². The molecule has 0 bridgehead atoms. The predicted octanol–water partition coefficient (Wildman–Crippen LogP) is 25.6. The Balaban J connectivity index is 0.000000172. The summed E-state index contributed by atoms with van der Waals surface area (Å²) >= 11 is 0. The first-order chi connectivity index (χ1) is 49.1. The van der Waals surface area contributed by atoms with Gasteiger partial charge in [-0.15, -0.1) is 0 Å². The smallest absolute Gasteiger partial charge is 0.0755 e. The fourth-order valence-corrected chi connectivity index (χ4v) is 17.6. The Morgan fingerprint density at radius 2 is 0.690 bits per heavy atom. The second-order valence-electron chi connectivity index (χ2n) is 28.3. The lowest BCUT2D eigenvalue weighted by Crippen LogP contribution is -2.33. The molecule has 0 radical (unpaired) electrons. The van der Waals surface area contributed by atoms with E-state index in [4.69, 9.17) is 0 Å². The van der Waals surface area contributed by atoms with Crippen molar-refractivity contribution in [3.05, 3.63) is 396 Å². The Morgan fingerprint density at radius 3 is 1.33 bits per heavy atom. The van der Waals surface area contributed by atoms with Crippen molar-refractivity contribution in [1.82, 2.24) is 4.57 Å². The molecule has 1 spiro atoms. The molecule has 16 aromatic rings. The van der Waals surface area contributed by atoms with Gasteiger partial charge < -0.3 is 14.8 Å². The van der Waals surface area contributed by atoms with Crippen LogP contribution in [-0.4, -0.2) is 4.57 Å². The first-order valence-corrected chi connectivity index (χ1v) is 35.1. The first-order valence-electron chi connectivity index (χ1n) is 35.1. The van der Waals surface area contributed by atoms with Crippen molar-refractivity contribution in [3.63, 3.8) is 0 Å². The summed E-state index contributed by atoms with van der Waals surface area (Å²) in [6, 6.07) is 130. The molecule has 1 N–H and O–H groups in total. The number of anilines is 5. The van der Waals surface area contributed by atoms with Crippen LogP contribution in [0, 0.1) is 0 Å². The Bertz CT molecular complexity index is 5930. The molecule has 15 aromatic carbocycles. The number of nitrogens with one attached hydrogen (secondary N) is 1. The molecule has 4 aliphatic rings. The Kier molecular flexibility index (Phi) is 13.5. The fraction of sp³-hybridized carbons (Fsp3) is 0.0722. The summed E-state index contributed by atoms with van der Waals surface area (Å²) in [4.78, 5) is 2.53. The van der Waals surface area contributed by atoms with Crippen LogP contribution >= 0.6 is 0 Å². The Morgan fingerprint density at radius 1 is 0.270 bits per heavy atom. The molecule has 474 valence electrons. The van der Waals surface area contributed by atoms with Crippen LogP contribution < -0.4 is 10.2 Å². The molecule has 0 fully saturated rings. The summed E-state index contributed by atoms with van der Waals surface area (Å²) in [7, 11) is 0. The molecule has 1 aliphatic heterocycles. The van der Waals surface area contributed by atoms with Gasteiger partial charge in [-0.3, -0.25) is 0 Å². The summed E-state index contributed by atoms with van der Waals surface area (Å²) in [5.74, 6) is 0. The molecular weight excluding hydrogens is 1210 g/mol. The Labute approximate surface area is 585 Å². The highest BCUT2D eigenvalue weighted by Gasteiger charge is 2.51. The summed E-state index contributed by atoms with van der Waals surface area (Å²) < 4.78 is 2.53. The van der Waals surface area contributed by atoms with E-state index in [1.165, 1.54) is 150 Å². The molecule has 0 amide bonds. The van der Waals surface area contributed by atoms with Crippen LogP contribution in [0.25, 0.3) is 105 Å². The molecule has 0 saturated heterocycles. The standard InChI is InChI=1S/C64H44N2.C33H27N/c1-63(2)53-24-10-6-20-47(53)49-37-35-44(39-57(49)63)65(59-28-13-8-19-46(59)43-33-31-42(32-34-43)41-17-4-3-5-18-41)45-36-38-50-48-21-7-11-25-54(48)64(58(50)40-45)55-26-12-15-30-61(55)66-60-29-14-9-22-51(60)52-23-16-27-56(64)62(52)66;1-33(2)30-14-8-6-13-28(30)29-21-20-26(22-31(29)33)34-32-15-9-7-12-27(32)25-18-16-24(17-19-25)23-10-4-3-5-11-23/h3-40H,1-2H3;3-22,34H,1-2H3. The Hall–Kier alpha value is -12.3. The van der Waals surface area contributed by atoms with E-state index in [1.807, 2.05) is 0 Å². The molecule has 0 saturated carbocycles. The van der Waals surface area contributed by atoms with Gasteiger partial charge in [0.1, 0.15) is 0 Å². The van der Waals surface area contributed by atoms with Gasteiger partial charge in [0.15, 0.2) is 0 Å². The molecule has 3 nitrogen and oxygen atoms in total. The summed E-state index contributed by atoms with van der Waals surface area (Å²) in [5, 5.41) is 6.28. The number of hydrogen-bond acceptors (Lipinski definition) is 2. The molecule has 1 atom stereocenters. The highest BCUT2D eigenvalue weighted by molar-refractivity contribution is 6.13. The number of para-hydroxylation sites is 5. The minimum Gasteiger partial charge on any atom is -0.355 e. The van der Waals surface area contributed by atoms with E-state index in [0.717, 1.165) is 28.4 Å². The third kappa shape index (κ3) is 8.98. The third-order valence-electron chi connectivity index (χ3n) is 22.3. The molecule has 3 heteroatoms. The van der Waals surface area contributed by atoms with E-state index < -0.39 is 5.41 Å². The van der Waals surface area contributed by atoms with Crippen molar-refractivity contribution in [3.8, 4) is 83.6 Å². The molecule has 20 rings (SSSR count). The SMILES string of the molecule is CC1(C)c2ccccc2-c2ccc(N(c3ccc4c(c3)C3(c5ccccc5-4)c4ccccc4-n4c5ccccc5c5cccc3c54)c3ccccc3-c3ccc(-c4ccccc4)cc3)cc21.CC1(C)c2ccccc2-c2ccc(Nc3ccccc3-c3ccc(-c4ccccc4)cc3)cc21. The minimum atomic E-state index is -0.567. The van der Waals surface area contributed by atoms with Gasteiger partial charge in [-0.25, -0.2) is 0 Å². The fourth-order valence-electron chi connectivity index (χ4n) is 17.6. The number of hydrogen-bond donors (Lipinski definition) is 1. The lowest BCUT2D eigenvalue weighted by Gasteiger charge is -2.40. The molecule has 1 aromatic heterocycles. The zero-order valence-electron chi connectivity index (χ0n) is 56.4. The number of benzene rings is 15. The summed E-state index contributed by atoms with van der Waals surface area (Å²) in [5.41, 5.74) is 37.0. The van der Waals surface area contributed by atoms with Gasteiger partial charge in [0.25, 0.3) is 0 Å². The highest BCUT2D eigenvalue weighted by Crippen LogP contribution is 2.62. The molecule has 1 unspecified atom stereocenters. The molecule has 3 aliphatic carbocycles. The van der Waals surface area contributed by atoms with Gasteiger partial charge in [-0.05, 0) is 172 Å². The van der Waals surface area contributed by atoms with Crippen molar-refractivity contribution in [2.75, 3.05) is 10.2 Å². The third-order valence-corrected chi connectivity index (χ3v) is 22.3. The van der Waals surface area contributed by atoms with Gasteiger partial charge in [-0.1, -0.05) is 319 Å². The molecular formula is C97H71N3. The van der Waals surface area contributed by atoms with Gasteiger partial charge in [0.2, 0.25) is 0 Å². The lowest BCUT2D eigenvalue weighted by atomic mass is 9.65. The highest BCUT2D eigenvalue weighted by atomic mass is 15.1. The van der Waals surface area contributed by atoms with Crippen LogP contribution in [-0.2, 0) is 16.2 Å². The van der Waals surface area contributed by atoms with E-state index in [1.54, 1.807) is 0 Å². The maximum Gasteiger partial charge on any atom is 0.0755 e. The monoisotopic (exact) mass is 1280 g/mol. The van der Waals surface area contributed by atoms with E-state index in [2.05, 4.69) is 394 Å². The van der Waals surface area contributed by atoms with Crippen LogP contribution in [0.15, 0.2) is 352 Å². The minimum absolute atomic E-state index is 0.00357. The summed E-state index contributed by atoms with van der Waals surface area (Å²) in [6.07, 6.45) is 0.